The van der Waals surface area contributed by atoms with Gasteiger partial charge in [-0.25, -0.2) is 14.4 Å². The van der Waals surface area contributed by atoms with Gasteiger partial charge in [0.1, 0.15) is 29.3 Å². The zero-order valence-electron chi connectivity index (χ0n) is 15.8. The van der Waals surface area contributed by atoms with E-state index >= 15 is 4.39 Å². The Hall–Kier alpha value is -1.28. The molecule has 1 aliphatic heterocycles. The summed E-state index contributed by atoms with van der Waals surface area (Å²) in [6, 6.07) is 1.77. The molecule has 27 heavy (non-hydrogen) atoms. The summed E-state index contributed by atoms with van der Waals surface area (Å²) in [7, 11) is 0. The largest absolute Gasteiger partial charge is 0.379 e. The minimum Gasteiger partial charge on any atom is -0.379 e. The number of ether oxygens (including phenoxy) is 3. The predicted octanol–water partition coefficient (Wildman–Crippen LogP) is 4.32. The van der Waals surface area contributed by atoms with Gasteiger partial charge in [0.15, 0.2) is 12.4 Å². The van der Waals surface area contributed by atoms with Gasteiger partial charge < -0.3 is 18.8 Å². The Labute approximate surface area is 164 Å². The minimum absolute atomic E-state index is 0.308. The molecular weight excluding hydrogens is 373 g/mol. The first-order valence-electron chi connectivity index (χ1n) is 9.63. The molecule has 6 nitrogen and oxygen atoms in total. The summed E-state index contributed by atoms with van der Waals surface area (Å²) < 4.78 is 34.5. The van der Waals surface area contributed by atoms with Gasteiger partial charge in [0, 0.05) is 19.4 Å². The molecule has 3 heterocycles. The molecule has 1 aliphatic rings. The molecule has 2 aromatic rings. The summed E-state index contributed by atoms with van der Waals surface area (Å²) >= 11 is 6.11. The number of hydrogen-bond donors (Lipinski definition) is 0. The average Bonchev–Trinajstić information content (AvgIpc) is 3.22. The van der Waals surface area contributed by atoms with E-state index in [1.54, 1.807) is 16.8 Å². The molecule has 0 aliphatic carbocycles. The van der Waals surface area contributed by atoms with Crippen LogP contribution in [0.2, 0.25) is 5.15 Å². The highest BCUT2D eigenvalue weighted by Gasteiger charge is 2.47. The normalized spacial score (nSPS) is 25.5. The molecule has 0 N–H and O–H groups in total. The van der Waals surface area contributed by atoms with Gasteiger partial charge in [0.25, 0.3) is 0 Å². The number of alkyl halides is 1. The Morgan fingerprint density at radius 3 is 2.78 bits per heavy atom. The highest BCUT2D eigenvalue weighted by atomic mass is 35.5. The monoisotopic (exact) mass is 399 g/mol. The molecule has 1 fully saturated rings. The molecule has 0 bridgehead atoms. The van der Waals surface area contributed by atoms with Gasteiger partial charge in [-0.1, -0.05) is 38.3 Å². The summed E-state index contributed by atoms with van der Waals surface area (Å²) in [6.07, 6.45) is 3.68. The van der Waals surface area contributed by atoms with Crippen molar-refractivity contribution in [2.24, 2.45) is 0 Å². The van der Waals surface area contributed by atoms with Crippen molar-refractivity contribution in [3.63, 3.8) is 0 Å². The van der Waals surface area contributed by atoms with E-state index < -0.39 is 24.6 Å². The zero-order valence-corrected chi connectivity index (χ0v) is 16.6. The standard InChI is InChI=1S/C19H27ClFN3O3/c1-3-5-9-25-11-14-16(26-10-6-4-2)15(21)19(27-14)24-8-7-13-17(20)22-12-23-18(13)24/h7-8,12,14-16,19H,3-6,9-11H2,1-2H3/t14-,15+,16?,19-/m1/s1. The number of hydrogen-bond acceptors (Lipinski definition) is 5. The second-order valence-corrected chi connectivity index (χ2v) is 7.11. The second kappa shape index (κ2) is 9.78. The maximum absolute atomic E-state index is 15.3. The van der Waals surface area contributed by atoms with Crippen LogP contribution in [0.15, 0.2) is 18.6 Å². The lowest BCUT2D eigenvalue weighted by molar-refractivity contribution is -0.0762. The van der Waals surface area contributed by atoms with Crippen molar-refractivity contribution in [2.75, 3.05) is 19.8 Å². The van der Waals surface area contributed by atoms with Gasteiger partial charge in [0.05, 0.1) is 12.0 Å². The quantitative estimate of drug-likeness (QED) is 0.440. The van der Waals surface area contributed by atoms with E-state index in [1.165, 1.54) is 6.33 Å². The number of halogens is 2. The van der Waals surface area contributed by atoms with Gasteiger partial charge in [-0.2, -0.15) is 0 Å². The van der Waals surface area contributed by atoms with Crippen LogP contribution in [0.1, 0.15) is 45.8 Å². The third-order valence-electron chi connectivity index (χ3n) is 4.73. The van der Waals surface area contributed by atoms with Crippen molar-refractivity contribution in [2.45, 2.75) is 64.1 Å². The SMILES string of the molecule is CCCCOC[C@H]1O[C@@H](n2ccc3c(Cl)ncnc32)[C@@H](F)C1OCCCC. The lowest BCUT2D eigenvalue weighted by Crippen LogP contribution is -2.35. The van der Waals surface area contributed by atoms with Crippen LogP contribution in [-0.2, 0) is 14.2 Å². The Balaban J connectivity index is 1.77. The predicted molar refractivity (Wildman–Crippen MR) is 102 cm³/mol. The van der Waals surface area contributed by atoms with Gasteiger partial charge >= 0.3 is 0 Å². The van der Waals surface area contributed by atoms with E-state index in [0.717, 1.165) is 25.7 Å². The Kier molecular flexibility index (Phi) is 7.41. The van der Waals surface area contributed by atoms with Crippen molar-refractivity contribution in [1.82, 2.24) is 14.5 Å². The molecule has 0 spiro atoms. The van der Waals surface area contributed by atoms with E-state index in [1.807, 2.05) is 0 Å². The highest BCUT2D eigenvalue weighted by Crippen LogP contribution is 2.36. The Morgan fingerprint density at radius 2 is 2.00 bits per heavy atom. The summed E-state index contributed by atoms with van der Waals surface area (Å²) in [5.41, 5.74) is 0.544. The molecule has 0 radical (unpaired) electrons. The van der Waals surface area contributed by atoms with Crippen LogP contribution in [0.3, 0.4) is 0 Å². The number of fused-ring (bicyclic) bond motifs is 1. The third kappa shape index (κ3) is 4.59. The first kappa shape index (κ1) is 20.5. The van der Waals surface area contributed by atoms with Crippen molar-refractivity contribution in [3.05, 3.63) is 23.7 Å². The van der Waals surface area contributed by atoms with Crippen molar-refractivity contribution in [3.8, 4) is 0 Å². The molecule has 1 saturated heterocycles. The molecular formula is C19H27ClFN3O3. The first-order chi connectivity index (χ1) is 13.2. The Bertz CT molecular complexity index is 729. The summed E-state index contributed by atoms with van der Waals surface area (Å²) in [4.78, 5) is 8.21. The number of nitrogens with zero attached hydrogens (tertiary/aromatic N) is 3. The van der Waals surface area contributed by atoms with Gasteiger partial charge in [-0.05, 0) is 18.9 Å². The van der Waals surface area contributed by atoms with Crippen LogP contribution in [0.25, 0.3) is 11.0 Å². The van der Waals surface area contributed by atoms with Crippen LogP contribution in [-0.4, -0.2) is 52.7 Å². The highest BCUT2D eigenvalue weighted by molar-refractivity contribution is 6.33. The first-order valence-corrected chi connectivity index (χ1v) is 10.0. The number of unbranched alkanes of at least 4 members (excludes halogenated alkanes) is 2. The fourth-order valence-electron chi connectivity index (χ4n) is 3.21. The molecule has 0 aromatic carbocycles. The van der Waals surface area contributed by atoms with E-state index in [0.29, 0.717) is 36.0 Å². The molecule has 4 atom stereocenters. The Morgan fingerprint density at radius 1 is 1.22 bits per heavy atom. The van der Waals surface area contributed by atoms with Crippen molar-refractivity contribution in [1.29, 1.82) is 0 Å². The van der Waals surface area contributed by atoms with Crippen LogP contribution in [0.5, 0.6) is 0 Å². The lowest BCUT2D eigenvalue weighted by Gasteiger charge is -2.19. The third-order valence-corrected chi connectivity index (χ3v) is 5.04. The van der Waals surface area contributed by atoms with Crippen LogP contribution in [0, 0.1) is 0 Å². The summed E-state index contributed by atoms with van der Waals surface area (Å²) in [5.74, 6) is 0. The topological polar surface area (TPSA) is 58.4 Å². The summed E-state index contributed by atoms with van der Waals surface area (Å²) in [6.45, 7) is 5.62. The van der Waals surface area contributed by atoms with Crippen LogP contribution >= 0.6 is 11.6 Å². The average molecular weight is 400 g/mol. The fourth-order valence-corrected chi connectivity index (χ4v) is 3.40. The molecule has 0 amide bonds. The maximum atomic E-state index is 15.3. The smallest absolute Gasteiger partial charge is 0.174 e. The lowest BCUT2D eigenvalue weighted by atomic mass is 10.1. The minimum atomic E-state index is -1.33. The van der Waals surface area contributed by atoms with E-state index in [9.17, 15) is 0 Å². The van der Waals surface area contributed by atoms with E-state index in [4.69, 9.17) is 25.8 Å². The zero-order chi connectivity index (χ0) is 19.2. The van der Waals surface area contributed by atoms with Gasteiger partial charge in [-0.15, -0.1) is 0 Å². The molecule has 0 saturated carbocycles. The maximum Gasteiger partial charge on any atom is 0.174 e. The molecule has 8 heteroatoms. The van der Waals surface area contributed by atoms with Crippen LogP contribution in [0.4, 0.5) is 4.39 Å². The van der Waals surface area contributed by atoms with Gasteiger partial charge in [0.2, 0.25) is 0 Å². The molecule has 2 aromatic heterocycles. The van der Waals surface area contributed by atoms with E-state index in [2.05, 4.69) is 23.8 Å². The number of rotatable bonds is 10. The van der Waals surface area contributed by atoms with Crippen molar-refractivity contribution < 1.29 is 18.6 Å². The van der Waals surface area contributed by atoms with E-state index in [-0.39, 0.29) is 0 Å². The molecule has 1 unspecified atom stereocenters. The van der Waals surface area contributed by atoms with Crippen LogP contribution < -0.4 is 0 Å². The fraction of sp³-hybridized carbons (Fsp3) is 0.684. The molecule has 3 rings (SSSR count). The van der Waals surface area contributed by atoms with Gasteiger partial charge in [-0.3, -0.25) is 0 Å². The molecule has 150 valence electrons. The second-order valence-electron chi connectivity index (χ2n) is 6.75. The van der Waals surface area contributed by atoms with Crippen molar-refractivity contribution >= 4 is 22.6 Å². The summed E-state index contributed by atoms with van der Waals surface area (Å²) in [5, 5.41) is 1.00. The number of aromatic nitrogens is 3.